The molecule has 1 aromatic carbocycles. The van der Waals surface area contributed by atoms with Gasteiger partial charge in [0.05, 0.1) is 3.79 Å². The van der Waals surface area contributed by atoms with E-state index in [1.165, 1.54) is 0 Å². The number of benzene rings is 1. The van der Waals surface area contributed by atoms with Crippen LogP contribution in [0.2, 0.25) is 0 Å². The first kappa shape index (κ1) is 8.72. The molecule has 0 bridgehead atoms. The third kappa shape index (κ3) is 1.36. The van der Waals surface area contributed by atoms with Crippen molar-refractivity contribution in [3.8, 4) is 0 Å². The summed E-state index contributed by atoms with van der Waals surface area (Å²) >= 11 is 4.88. The molecule has 66 valence electrons. The number of nitrogens with two attached hydrogens (primary N) is 1. The van der Waals surface area contributed by atoms with Crippen LogP contribution in [0.4, 0.5) is 5.69 Å². The largest absolute Gasteiger partial charge is 0.399 e. The first-order valence-corrected chi connectivity index (χ1v) is 5.26. The maximum Gasteiger partial charge on any atom is 0.152 e. The Hall–Kier alpha value is -0.870. The lowest BCUT2D eigenvalue weighted by Gasteiger charge is -1.92. The number of carbonyl (C=O) groups is 1. The standard InChI is InChI=1S/C9H6BrNOS/c10-9-7(4-12)6-3-5(11)1-2-8(6)13-9/h1-4H,11H2. The summed E-state index contributed by atoms with van der Waals surface area (Å²) in [4.78, 5) is 10.7. The van der Waals surface area contributed by atoms with Gasteiger partial charge >= 0.3 is 0 Å². The van der Waals surface area contributed by atoms with Crippen LogP contribution < -0.4 is 5.73 Å². The molecule has 2 nitrogen and oxygen atoms in total. The number of carbonyl (C=O) groups excluding carboxylic acids is 1. The van der Waals surface area contributed by atoms with E-state index in [2.05, 4.69) is 15.9 Å². The lowest BCUT2D eigenvalue weighted by molar-refractivity contribution is 0.112. The van der Waals surface area contributed by atoms with E-state index < -0.39 is 0 Å². The Labute approximate surface area is 87.5 Å². The zero-order chi connectivity index (χ0) is 9.42. The molecule has 2 N–H and O–H groups in total. The number of hydrogen-bond acceptors (Lipinski definition) is 3. The molecule has 1 heterocycles. The maximum atomic E-state index is 10.7. The van der Waals surface area contributed by atoms with Crippen LogP contribution in [0.25, 0.3) is 10.1 Å². The second-order valence-corrected chi connectivity index (χ2v) is 5.03. The van der Waals surface area contributed by atoms with E-state index in [4.69, 9.17) is 5.73 Å². The fourth-order valence-corrected chi connectivity index (χ4v) is 2.92. The van der Waals surface area contributed by atoms with E-state index in [1.54, 1.807) is 11.3 Å². The fourth-order valence-electron chi connectivity index (χ4n) is 1.21. The van der Waals surface area contributed by atoms with Crippen molar-refractivity contribution in [2.75, 3.05) is 5.73 Å². The maximum absolute atomic E-state index is 10.7. The van der Waals surface area contributed by atoms with Crippen molar-refractivity contribution in [2.45, 2.75) is 0 Å². The van der Waals surface area contributed by atoms with E-state index in [-0.39, 0.29) is 0 Å². The molecule has 0 aliphatic carbocycles. The first-order valence-electron chi connectivity index (χ1n) is 3.65. The van der Waals surface area contributed by atoms with Gasteiger partial charge in [-0.25, -0.2) is 0 Å². The Kier molecular flexibility index (Phi) is 2.09. The number of aldehydes is 1. The van der Waals surface area contributed by atoms with E-state index in [0.29, 0.717) is 11.3 Å². The zero-order valence-electron chi connectivity index (χ0n) is 6.58. The zero-order valence-corrected chi connectivity index (χ0v) is 8.98. The molecule has 2 aromatic rings. The summed E-state index contributed by atoms with van der Waals surface area (Å²) in [5.41, 5.74) is 7.00. The number of thiophene rings is 1. The van der Waals surface area contributed by atoms with Crippen molar-refractivity contribution in [1.29, 1.82) is 0 Å². The molecule has 0 aliphatic rings. The van der Waals surface area contributed by atoms with Crippen LogP contribution in [-0.2, 0) is 0 Å². The van der Waals surface area contributed by atoms with Gasteiger partial charge in [-0.1, -0.05) is 0 Å². The molecular weight excluding hydrogens is 250 g/mol. The van der Waals surface area contributed by atoms with Gasteiger partial charge in [-0.3, -0.25) is 4.79 Å². The highest BCUT2D eigenvalue weighted by atomic mass is 79.9. The number of halogens is 1. The van der Waals surface area contributed by atoms with E-state index in [9.17, 15) is 4.79 Å². The third-order valence-corrected chi connectivity index (χ3v) is 3.71. The number of nitrogen functional groups attached to an aromatic ring is 1. The van der Waals surface area contributed by atoms with Crippen molar-refractivity contribution >= 4 is 49.3 Å². The Morgan fingerprint density at radius 2 is 2.23 bits per heavy atom. The van der Waals surface area contributed by atoms with Crippen LogP contribution >= 0.6 is 27.3 Å². The summed E-state index contributed by atoms with van der Waals surface area (Å²) in [6, 6.07) is 5.58. The Bertz CT molecular complexity index is 478. The quantitative estimate of drug-likeness (QED) is 0.629. The van der Waals surface area contributed by atoms with E-state index in [1.807, 2.05) is 18.2 Å². The second-order valence-electron chi connectivity index (χ2n) is 2.66. The number of hydrogen-bond donors (Lipinski definition) is 1. The molecule has 1 aromatic heterocycles. The summed E-state index contributed by atoms with van der Waals surface area (Å²) < 4.78 is 1.94. The van der Waals surface area contributed by atoms with Crippen molar-refractivity contribution in [2.24, 2.45) is 0 Å². The summed E-state index contributed by atoms with van der Waals surface area (Å²) in [5, 5.41) is 0.923. The molecule has 0 saturated heterocycles. The van der Waals surface area contributed by atoms with Crippen molar-refractivity contribution < 1.29 is 4.79 Å². The first-order chi connectivity index (χ1) is 6.22. The van der Waals surface area contributed by atoms with Crippen LogP contribution in [-0.4, -0.2) is 6.29 Å². The molecule has 0 aliphatic heterocycles. The smallest absolute Gasteiger partial charge is 0.152 e. The molecule has 0 saturated carbocycles. The number of anilines is 1. The Morgan fingerprint density at radius 3 is 2.92 bits per heavy atom. The van der Waals surface area contributed by atoms with Gasteiger partial charge < -0.3 is 5.73 Å². The van der Waals surface area contributed by atoms with Gasteiger partial charge in [0.2, 0.25) is 0 Å². The Balaban J connectivity index is 2.88. The van der Waals surface area contributed by atoms with E-state index in [0.717, 1.165) is 20.2 Å². The highest BCUT2D eigenvalue weighted by molar-refractivity contribution is 9.11. The van der Waals surface area contributed by atoms with Gasteiger partial charge in [0.15, 0.2) is 6.29 Å². The molecule has 0 spiro atoms. The molecular formula is C9H6BrNOS. The van der Waals surface area contributed by atoms with Gasteiger partial charge in [-0.05, 0) is 34.1 Å². The van der Waals surface area contributed by atoms with Crippen LogP contribution in [0.5, 0.6) is 0 Å². The second kappa shape index (κ2) is 3.12. The summed E-state index contributed by atoms with van der Waals surface area (Å²) in [6.07, 6.45) is 0.850. The molecule has 4 heteroatoms. The molecule has 13 heavy (non-hydrogen) atoms. The van der Waals surface area contributed by atoms with Crippen LogP contribution in [0.15, 0.2) is 22.0 Å². The van der Waals surface area contributed by atoms with Gasteiger partial charge in [0.1, 0.15) is 0 Å². The monoisotopic (exact) mass is 255 g/mol. The highest BCUT2D eigenvalue weighted by Crippen LogP contribution is 2.35. The molecule has 0 amide bonds. The molecule has 0 unspecified atom stereocenters. The summed E-state index contributed by atoms with van der Waals surface area (Å²) in [7, 11) is 0. The predicted molar refractivity (Wildman–Crippen MR) is 59.3 cm³/mol. The van der Waals surface area contributed by atoms with Crippen LogP contribution in [0, 0.1) is 0 Å². The minimum Gasteiger partial charge on any atom is -0.399 e. The SMILES string of the molecule is Nc1ccc2sc(Br)c(C=O)c2c1. The van der Waals surface area contributed by atoms with Gasteiger partial charge in [-0.2, -0.15) is 0 Å². The molecule has 0 atom stereocenters. The fraction of sp³-hybridized carbons (Fsp3) is 0. The van der Waals surface area contributed by atoms with Crippen molar-refractivity contribution in [3.63, 3.8) is 0 Å². The lowest BCUT2D eigenvalue weighted by atomic mass is 10.2. The summed E-state index contributed by atoms with van der Waals surface area (Å²) in [6.45, 7) is 0. The summed E-state index contributed by atoms with van der Waals surface area (Å²) in [5.74, 6) is 0. The average Bonchev–Trinajstić information content (AvgIpc) is 2.40. The normalized spacial score (nSPS) is 10.5. The van der Waals surface area contributed by atoms with E-state index >= 15 is 0 Å². The van der Waals surface area contributed by atoms with Gasteiger partial charge in [0, 0.05) is 21.3 Å². The number of rotatable bonds is 1. The third-order valence-electron chi connectivity index (χ3n) is 1.82. The lowest BCUT2D eigenvalue weighted by Crippen LogP contribution is -1.83. The minimum absolute atomic E-state index is 0.681. The number of fused-ring (bicyclic) bond motifs is 1. The molecule has 2 rings (SSSR count). The molecule has 0 radical (unpaired) electrons. The minimum atomic E-state index is 0.681. The van der Waals surface area contributed by atoms with Gasteiger partial charge in [0.25, 0.3) is 0 Å². The molecule has 0 fully saturated rings. The van der Waals surface area contributed by atoms with Crippen LogP contribution in [0.3, 0.4) is 0 Å². The van der Waals surface area contributed by atoms with Crippen LogP contribution in [0.1, 0.15) is 10.4 Å². The Morgan fingerprint density at radius 1 is 1.46 bits per heavy atom. The van der Waals surface area contributed by atoms with Gasteiger partial charge in [-0.15, -0.1) is 11.3 Å². The van der Waals surface area contributed by atoms with Crippen molar-refractivity contribution in [1.82, 2.24) is 0 Å². The average molecular weight is 256 g/mol. The highest BCUT2D eigenvalue weighted by Gasteiger charge is 2.08. The topological polar surface area (TPSA) is 43.1 Å². The van der Waals surface area contributed by atoms with Crippen molar-refractivity contribution in [3.05, 3.63) is 27.5 Å². The predicted octanol–water partition coefficient (Wildman–Crippen LogP) is 3.06.